The topological polar surface area (TPSA) is 95.1 Å². The minimum atomic E-state index is -1.20. The lowest BCUT2D eigenvalue weighted by Gasteiger charge is -2.20. The van der Waals surface area contributed by atoms with Gasteiger partial charge >= 0.3 is 5.97 Å². The van der Waals surface area contributed by atoms with E-state index in [0.717, 1.165) is 4.88 Å². The van der Waals surface area contributed by atoms with E-state index in [1.54, 1.807) is 11.3 Å². The Kier molecular flexibility index (Phi) is 4.19. The zero-order valence-electron chi connectivity index (χ0n) is 11.1. The number of amides is 1. The van der Waals surface area contributed by atoms with E-state index in [-0.39, 0.29) is 23.3 Å². The summed E-state index contributed by atoms with van der Waals surface area (Å²) in [7, 11) is 0. The van der Waals surface area contributed by atoms with E-state index in [1.807, 2.05) is 31.4 Å². The van der Waals surface area contributed by atoms with Crippen LogP contribution in [0.1, 0.15) is 45.7 Å². The van der Waals surface area contributed by atoms with Crippen LogP contribution in [0.3, 0.4) is 0 Å². The Morgan fingerprint density at radius 2 is 2.20 bits per heavy atom. The zero-order chi connectivity index (χ0) is 14.7. The molecule has 6 nitrogen and oxygen atoms in total. The minimum Gasteiger partial charge on any atom is -0.477 e. The van der Waals surface area contributed by atoms with Gasteiger partial charge in [-0.15, -0.1) is 11.3 Å². The number of aromatic amines is 1. The lowest BCUT2D eigenvalue weighted by Crippen LogP contribution is -2.32. The van der Waals surface area contributed by atoms with Crippen molar-refractivity contribution in [3.8, 4) is 0 Å². The molecule has 0 saturated heterocycles. The van der Waals surface area contributed by atoms with Gasteiger partial charge in [-0.2, -0.15) is 0 Å². The highest BCUT2D eigenvalue weighted by Gasteiger charge is 2.24. The Labute approximate surface area is 119 Å². The molecule has 0 saturated carbocycles. The molecule has 0 radical (unpaired) electrons. The standard InChI is InChI=1S/C13H15N3O3S/c1-7(2)9(8-4-3-5-20-8)16-12(17)10-11(13(18)19)15-6-14-10/h3-7,9H,1-2H3,(H,14,15)(H,16,17)(H,18,19). The van der Waals surface area contributed by atoms with Crippen molar-refractivity contribution in [2.45, 2.75) is 19.9 Å². The maximum absolute atomic E-state index is 12.2. The van der Waals surface area contributed by atoms with Gasteiger partial charge in [0, 0.05) is 4.88 Å². The number of carbonyl (C=O) groups excluding carboxylic acids is 1. The molecule has 106 valence electrons. The number of nitrogens with one attached hydrogen (secondary N) is 2. The van der Waals surface area contributed by atoms with E-state index in [2.05, 4.69) is 15.3 Å². The minimum absolute atomic E-state index is 0.0975. The summed E-state index contributed by atoms with van der Waals surface area (Å²) in [6.07, 6.45) is 1.20. The highest BCUT2D eigenvalue weighted by Crippen LogP contribution is 2.26. The van der Waals surface area contributed by atoms with Gasteiger partial charge < -0.3 is 15.4 Å². The van der Waals surface area contributed by atoms with Crippen LogP contribution in [0.5, 0.6) is 0 Å². The van der Waals surface area contributed by atoms with E-state index in [0.29, 0.717) is 0 Å². The number of nitrogens with zero attached hydrogens (tertiary/aromatic N) is 1. The van der Waals surface area contributed by atoms with Crippen LogP contribution in [-0.2, 0) is 0 Å². The number of carboxylic acids is 1. The van der Waals surface area contributed by atoms with Gasteiger partial charge in [0.1, 0.15) is 0 Å². The van der Waals surface area contributed by atoms with Crippen molar-refractivity contribution in [2.75, 3.05) is 0 Å². The van der Waals surface area contributed by atoms with Crippen molar-refractivity contribution in [1.29, 1.82) is 0 Å². The average molecular weight is 293 g/mol. The first-order valence-electron chi connectivity index (χ1n) is 6.11. The van der Waals surface area contributed by atoms with Crippen LogP contribution in [0.25, 0.3) is 0 Å². The summed E-state index contributed by atoms with van der Waals surface area (Å²) in [5.41, 5.74) is -0.295. The highest BCUT2D eigenvalue weighted by atomic mass is 32.1. The molecule has 0 aliphatic heterocycles. The lowest BCUT2D eigenvalue weighted by molar-refractivity contribution is 0.0684. The molecule has 1 unspecified atom stereocenters. The first kappa shape index (κ1) is 14.3. The Morgan fingerprint density at radius 3 is 2.75 bits per heavy atom. The third-order valence-electron chi connectivity index (χ3n) is 2.87. The number of thiophene rings is 1. The summed E-state index contributed by atoms with van der Waals surface area (Å²) in [6, 6.07) is 3.69. The van der Waals surface area contributed by atoms with Crippen molar-refractivity contribution in [1.82, 2.24) is 15.3 Å². The fraction of sp³-hybridized carbons (Fsp3) is 0.308. The number of aromatic carboxylic acids is 1. The van der Waals surface area contributed by atoms with Crippen LogP contribution >= 0.6 is 11.3 Å². The predicted molar refractivity (Wildman–Crippen MR) is 74.9 cm³/mol. The van der Waals surface area contributed by atoms with E-state index in [9.17, 15) is 9.59 Å². The number of hydrogen-bond donors (Lipinski definition) is 3. The number of rotatable bonds is 5. The fourth-order valence-corrected chi connectivity index (χ4v) is 2.82. The van der Waals surface area contributed by atoms with Gasteiger partial charge in [0.2, 0.25) is 0 Å². The molecule has 0 aliphatic carbocycles. The molecule has 2 aromatic rings. The second-order valence-electron chi connectivity index (χ2n) is 4.64. The summed E-state index contributed by atoms with van der Waals surface area (Å²) in [4.78, 5) is 30.4. The molecule has 0 fully saturated rings. The number of imidazole rings is 1. The Morgan fingerprint density at radius 1 is 1.45 bits per heavy atom. The zero-order valence-corrected chi connectivity index (χ0v) is 11.9. The second-order valence-corrected chi connectivity index (χ2v) is 5.62. The third kappa shape index (κ3) is 2.88. The van der Waals surface area contributed by atoms with Crippen molar-refractivity contribution in [3.63, 3.8) is 0 Å². The Hall–Kier alpha value is -2.15. The molecule has 0 spiro atoms. The van der Waals surface area contributed by atoms with Crippen LogP contribution in [-0.4, -0.2) is 27.0 Å². The highest BCUT2D eigenvalue weighted by molar-refractivity contribution is 7.10. The molecule has 2 aromatic heterocycles. The van der Waals surface area contributed by atoms with Gasteiger partial charge in [0.15, 0.2) is 11.4 Å². The van der Waals surface area contributed by atoms with Gasteiger partial charge in [-0.05, 0) is 17.4 Å². The number of carboxylic acid groups (broad SMARTS) is 1. The fourth-order valence-electron chi connectivity index (χ4n) is 1.87. The monoisotopic (exact) mass is 293 g/mol. The first-order chi connectivity index (χ1) is 9.50. The summed E-state index contributed by atoms with van der Waals surface area (Å²) in [6.45, 7) is 3.99. The van der Waals surface area contributed by atoms with Gasteiger partial charge in [0.05, 0.1) is 12.4 Å². The molecule has 1 atom stereocenters. The predicted octanol–water partition coefficient (Wildman–Crippen LogP) is 2.30. The maximum Gasteiger partial charge on any atom is 0.354 e. The van der Waals surface area contributed by atoms with E-state index < -0.39 is 11.9 Å². The van der Waals surface area contributed by atoms with Crippen LogP contribution in [0.15, 0.2) is 23.8 Å². The van der Waals surface area contributed by atoms with Crippen molar-refractivity contribution < 1.29 is 14.7 Å². The molecule has 0 aliphatic rings. The quantitative estimate of drug-likeness (QED) is 0.788. The molecule has 1 amide bonds. The van der Waals surface area contributed by atoms with E-state index in [1.165, 1.54) is 6.33 Å². The SMILES string of the molecule is CC(C)C(NC(=O)c1nc[nH]c1C(=O)O)c1cccs1. The number of aromatic nitrogens is 2. The van der Waals surface area contributed by atoms with Crippen molar-refractivity contribution in [3.05, 3.63) is 40.1 Å². The average Bonchev–Trinajstić information content (AvgIpc) is 3.05. The van der Waals surface area contributed by atoms with Crippen LogP contribution < -0.4 is 5.32 Å². The molecule has 2 heterocycles. The first-order valence-corrected chi connectivity index (χ1v) is 6.99. The molecule has 20 heavy (non-hydrogen) atoms. The van der Waals surface area contributed by atoms with Crippen LogP contribution in [0.2, 0.25) is 0 Å². The second kappa shape index (κ2) is 5.87. The van der Waals surface area contributed by atoms with Crippen molar-refractivity contribution in [2.24, 2.45) is 5.92 Å². The summed E-state index contributed by atoms with van der Waals surface area (Å²) in [5.74, 6) is -1.51. The van der Waals surface area contributed by atoms with Crippen LogP contribution in [0, 0.1) is 5.92 Å². The lowest BCUT2D eigenvalue weighted by atomic mass is 10.0. The van der Waals surface area contributed by atoms with Gasteiger partial charge in [-0.1, -0.05) is 19.9 Å². The number of carbonyl (C=O) groups is 2. The molecular weight excluding hydrogens is 278 g/mol. The molecular formula is C13H15N3O3S. The Bertz CT molecular complexity index is 604. The van der Waals surface area contributed by atoms with E-state index in [4.69, 9.17) is 5.11 Å². The number of H-pyrrole nitrogens is 1. The maximum atomic E-state index is 12.2. The molecule has 7 heteroatoms. The van der Waals surface area contributed by atoms with Gasteiger partial charge in [-0.3, -0.25) is 4.79 Å². The molecule has 3 N–H and O–H groups in total. The summed E-state index contributed by atoms with van der Waals surface area (Å²) in [5, 5.41) is 13.8. The normalized spacial score (nSPS) is 12.3. The number of hydrogen-bond acceptors (Lipinski definition) is 4. The van der Waals surface area contributed by atoms with Crippen LogP contribution in [0.4, 0.5) is 0 Å². The molecule has 0 aromatic carbocycles. The molecule has 0 bridgehead atoms. The van der Waals surface area contributed by atoms with Crippen molar-refractivity contribution >= 4 is 23.2 Å². The largest absolute Gasteiger partial charge is 0.477 e. The van der Waals surface area contributed by atoms with E-state index >= 15 is 0 Å². The molecule has 2 rings (SSSR count). The Balaban J connectivity index is 2.21. The third-order valence-corrected chi connectivity index (χ3v) is 3.83. The smallest absolute Gasteiger partial charge is 0.354 e. The van der Waals surface area contributed by atoms with Gasteiger partial charge in [-0.25, -0.2) is 9.78 Å². The summed E-state index contributed by atoms with van der Waals surface area (Å²) >= 11 is 1.55. The summed E-state index contributed by atoms with van der Waals surface area (Å²) < 4.78 is 0. The van der Waals surface area contributed by atoms with Gasteiger partial charge in [0.25, 0.3) is 5.91 Å².